The van der Waals surface area contributed by atoms with Crippen molar-refractivity contribution in [2.24, 2.45) is 5.41 Å². The zero-order valence-electron chi connectivity index (χ0n) is 11.8. The maximum atomic E-state index is 11.4. The molecule has 0 atom stereocenters. The van der Waals surface area contributed by atoms with Crippen LogP contribution in [-0.4, -0.2) is 63.0 Å². The average molecular weight is 241 g/mol. The number of amides is 1. The standard InChI is InChI=1S/C13H27N3O/c1-13(6-9-16(4)10-7-13)11-14-8-5-12(17)15(2)3/h14H,5-11H2,1-4H3. The van der Waals surface area contributed by atoms with Gasteiger partial charge in [-0.05, 0) is 38.4 Å². The highest BCUT2D eigenvalue weighted by molar-refractivity contribution is 5.75. The number of piperidine rings is 1. The summed E-state index contributed by atoms with van der Waals surface area (Å²) in [6, 6.07) is 0. The van der Waals surface area contributed by atoms with Gasteiger partial charge in [0.25, 0.3) is 0 Å². The fourth-order valence-corrected chi connectivity index (χ4v) is 2.14. The van der Waals surface area contributed by atoms with Gasteiger partial charge >= 0.3 is 0 Å². The summed E-state index contributed by atoms with van der Waals surface area (Å²) in [7, 11) is 5.80. The average Bonchev–Trinajstić information content (AvgIpc) is 2.28. The Morgan fingerprint density at radius 3 is 2.47 bits per heavy atom. The van der Waals surface area contributed by atoms with Crippen LogP contribution in [0.3, 0.4) is 0 Å². The molecule has 1 saturated heterocycles. The Morgan fingerprint density at radius 2 is 1.94 bits per heavy atom. The molecule has 0 aromatic heterocycles. The first-order chi connectivity index (χ1) is 7.93. The molecule has 1 rings (SSSR count). The molecule has 100 valence electrons. The molecule has 4 heteroatoms. The predicted octanol–water partition coefficient (Wildman–Crippen LogP) is 0.786. The van der Waals surface area contributed by atoms with Gasteiger partial charge in [0, 0.05) is 33.6 Å². The van der Waals surface area contributed by atoms with Gasteiger partial charge in [-0.15, -0.1) is 0 Å². The fourth-order valence-electron chi connectivity index (χ4n) is 2.14. The van der Waals surface area contributed by atoms with Crippen LogP contribution in [0.2, 0.25) is 0 Å². The van der Waals surface area contributed by atoms with E-state index in [1.54, 1.807) is 19.0 Å². The summed E-state index contributed by atoms with van der Waals surface area (Å²) in [4.78, 5) is 15.4. The van der Waals surface area contributed by atoms with E-state index in [1.165, 1.54) is 25.9 Å². The third kappa shape index (κ3) is 5.04. The van der Waals surface area contributed by atoms with Crippen molar-refractivity contribution in [1.82, 2.24) is 15.1 Å². The van der Waals surface area contributed by atoms with Crippen molar-refractivity contribution < 1.29 is 4.79 Å². The summed E-state index contributed by atoms with van der Waals surface area (Å²) in [6.45, 7) is 6.55. The van der Waals surface area contributed by atoms with Crippen LogP contribution >= 0.6 is 0 Å². The van der Waals surface area contributed by atoms with Crippen LogP contribution in [0, 0.1) is 5.41 Å². The third-order valence-electron chi connectivity index (χ3n) is 3.76. The molecule has 0 bridgehead atoms. The Balaban J connectivity index is 2.16. The van der Waals surface area contributed by atoms with E-state index in [0.29, 0.717) is 11.8 Å². The first kappa shape index (κ1) is 14.5. The Kier molecular flexibility index (Phi) is 5.40. The van der Waals surface area contributed by atoms with Crippen molar-refractivity contribution in [3.8, 4) is 0 Å². The zero-order chi connectivity index (χ0) is 12.9. The molecule has 1 aliphatic rings. The Bertz CT molecular complexity index is 245. The molecule has 0 aliphatic carbocycles. The van der Waals surface area contributed by atoms with Crippen LogP contribution < -0.4 is 5.32 Å². The van der Waals surface area contributed by atoms with Crippen molar-refractivity contribution in [2.75, 3.05) is 47.3 Å². The number of carbonyl (C=O) groups excluding carboxylic acids is 1. The van der Waals surface area contributed by atoms with Gasteiger partial charge in [-0.25, -0.2) is 0 Å². The molecule has 1 heterocycles. The van der Waals surface area contributed by atoms with Gasteiger partial charge in [0.1, 0.15) is 0 Å². The largest absolute Gasteiger partial charge is 0.349 e. The van der Waals surface area contributed by atoms with Gasteiger partial charge in [0.05, 0.1) is 0 Å². The number of nitrogens with zero attached hydrogens (tertiary/aromatic N) is 2. The van der Waals surface area contributed by atoms with E-state index >= 15 is 0 Å². The van der Waals surface area contributed by atoms with E-state index < -0.39 is 0 Å². The van der Waals surface area contributed by atoms with Crippen LogP contribution in [-0.2, 0) is 4.79 Å². The summed E-state index contributed by atoms with van der Waals surface area (Å²) in [5.41, 5.74) is 0.410. The van der Waals surface area contributed by atoms with Gasteiger partial charge in [-0.1, -0.05) is 6.92 Å². The zero-order valence-corrected chi connectivity index (χ0v) is 11.8. The van der Waals surface area contributed by atoms with Crippen LogP contribution in [0.1, 0.15) is 26.2 Å². The second kappa shape index (κ2) is 6.36. The highest BCUT2D eigenvalue weighted by Crippen LogP contribution is 2.29. The molecular formula is C13H27N3O. The van der Waals surface area contributed by atoms with Gasteiger partial charge in [0.2, 0.25) is 5.91 Å². The highest BCUT2D eigenvalue weighted by atomic mass is 16.2. The number of hydrogen-bond acceptors (Lipinski definition) is 3. The molecule has 1 N–H and O–H groups in total. The Hall–Kier alpha value is -0.610. The monoisotopic (exact) mass is 241 g/mol. The van der Waals surface area contributed by atoms with Gasteiger partial charge < -0.3 is 15.1 Å². The molecule has 1 amide bonds. The number of likely N-dealkylation sites (tertiary alicyclic amines) is 1. The van der Waals surface area contributed by atoms with Crippen molar-refractivity contribution in [1.29, 1.82) is 0 Å². The van der Waals surface area contributed by atoms with E-state index in [-0.39, 0.29) is 5.91 Å². The molecule has 0 unspecified atom stereocenters. The summed E-state index contributed by atoms with van der Waals surface area (Å²) in [5, 5.41) is 3.43. The van der Waals surface area contributed by atoms with Crippen LogP contribution in [0.5, 0.6) is 0 Å². The fraction of sp³-hybridized carbons (Fsp3) is 0.923. The van der Waals surface area contributed by atoms with E-state index in [4.69, 9.17) is 0 Å². The minimum Gasteiger partial charge on any atom is -0.349 e. The van der Waals surface area contributed by atoms with E-state index in [9.17, 15) is 4.79 Å². The van der Waals surface area contributed by atoms with Gasteiger partial charge in [-0.2, -0.15) is 0 Å². The normalized spacial score (nSPS) is 20.2. The van der Waals surface area contributed by atoms with Crippen LogP contribution in [0.15, 0.2) is 0 Å². The molecule has 0 radical (unpaired) electrons. The lowest BCUT2D eigenvalue weighted by molar-refractivity contribution is -0.128. The molecule has 0 saturated carbocycles. The van der Waals surface area contributed by atoms with E-state index in [2.05, 4.69) is 24.2 Å². The molecule has 17 heavy (non-hydrogen) atoms. The lowest BCUT2D eigenvalue weighted by atomic mass is 9.80. The second-order valence-corrected chi connectivity index (χ2v) is 5.83. The van der Waals surface area contributed by atoms with Crippen LogP contribution in [0.4, 0.5) is 0 Å². The number of nitrogens with one attached hydrogen (secondary N) is 1. The second-order valence-electron chi connectivity index (χ2n) is 5.83. The number of hydrogen-bond donors (Lipinski definition) is 1. The molecule has 1 fully saturated rings. The lowest BCUT2D eigenvalue weighted by Gasteiger charge is -2.38. The van der Waals surface area contributed by atoms with Crippen molar-refractivity contribution in [3.63, 3.8) is 0 Å². The van der Waals surface area contributed by atoms with Crippen molar-refractivity contribution in [2.45, 2.75) is 26.2 Å². The molecular weight excluding hydrogens is 214 g/mol. The molecule has 0 aromatic carbocycles. The topological polar surface area (TPSA) is 35.6 Å². The lowest BCUT2D eigenvalue weighted by Crippen LogP contribution is -2.42. The number of rotatable bonds is 5. The quantitative estimate of drug-likeness (QED) is 0.723. The molecule has 0 aromatic rings. The number of carbonyl (C=O) groups is 1. The molecule has 1 aliphatic heterocycles. The maximum Gasteiger partial charge on any atom is 0.223 e. The minimum absolute atomic E-state index is 0.200. The Labute approximate surface area is 105 Å². The van der Waals surface area contributed by atoms with Crippen molar-refractivity contribution >= 4 is 5.91 Å². The smallest absolute Gasteiger partial charge is 0.223 e. The Morgan fingerprint density at radius 1 is 1.35 bits per heavy atom. The van der Waals surface area contributed by atoms with Gasteiger partial charge in [-0.3, -0.25) is 4.79 Å². The summed E-state index contributed by atoms with van der Waals surface area (Å²) >= 11 is 0. The van der Waals surface area contributed by atoms with E-state index in [1.807, 2.05) is 0 Å². The summed E-state index contributed by atoms with van der Waals surface area (Å²) in [6.07, 6.45) is 3.10. The highest BCUT2D eigenvalue weighted by Gasteiger charge is 2.28. The predicted molar refractivity (Wildman–Crippen MR) is 71.0 cm³/mol. The first-order valence-corrected chi connectivity index (χ1v) is 6.52. The maximum absolute atomic E-state index is 11.4. The molecule has 4 nitrogen and oxygen atoms in total. The molecule has 0 spiro atoms. The minimum atomic E-state index is 0.200. The van der Waals surface area contributed by atoms with Crippen LogP contribution in [0.25, 0.3) is 0 Å². The third-order valence-corrected chi connectivity index (χ3v) is 3.76. The van der Waals surface area contributed by atoms with Gasteiger partial charge in [0.15, 0.2) is 0 Å². The first-order valence-electron chi connectivity index (χ1n) is 6.52. The summed E-state index contributed by atoms with van der Waals surface area (Å²) < 4.78 is 0. The van der Waals surface area contributed by atoms with Crippen molar-refractivity contribution in [3.05, 3.63) is 0 Å². The summed E-state index contributed by atoms with van der Waals surface area (Å²) in [5.74, 6) is 0.200. The SMILES string of the molecule is CN1CCC(C)(CNCCC(=O)N(C)C)CC1. The van der Waals surface area contributed by atoms with E-state index in [0.717, 1.165) is 13.1 Å².